The number of halogens is 1. The Morgan fingerprint density at radius 1 is 0.897 bits per heavy atom. The summed E-state index contributed by atoms with van der Waals surface area (Å²) in [5.74, 6) is 1.06. The van der Waals surface area contributed by atoms with Gasteiger partial charge in [0.25, 0.3) is 5.56 Å². The maximum Gasteiger partial charge on any atom is 0.263 e. The van der Waals surface area contributed by atoms with Crippen molar-refractivity contribution in [2.24, 2.45) is 0 Å². The highest BCUT2D eigenvalue weighted by atomic mass is 19.1. The first-order valence-corrected chi connectivity index (χ1v) is 10.0. The quantitative estimate of drug-likeness (QED) is 0.536. The van der Waals surface area contributed by atoms with Crippen molar-refractivity contribution in [3.63, 3.8) is 0 Å². The number of nitrogens with zero attached hydrogens (tertiary/aromatic N) is 5. The third-order valence-electron chi connectivity index (χ3n) is 5.64. The average Bonchev–Trinajstić information content (AvgIpc) is 3.17. The average molecular weight is 391 g/mol. The van der Waals surface area contributed by atoms with Crippen molar-refractivity contribution in [2.75, 3.05) is 13.1 Å². The van der Waals surface area contributed by atoms with Gasteiger partial charge in [0.05, 0.1) is 24.0 Å². The van der Waals surface area contributed by atoms with Gasteiger partial charge in [-0.2, -0.15) is 0 Å². The van der Waals surface area contributed by atoms with Gasteiger partial charge in [-0.25, -0.2) is 4.39 Å². The van der Waals surface area contributed by atoms with E-state index in [2.05, 4.69) is 15.1 Å². The van der Waals surface area contributed by atoms with Crippen LogP contribution in [0.1, 0.15) is 30.7 Å². The molecular formula is C22H22FN5O. The minimum absolute atomic E-state index is 0.116. The van der Waals surface area contributed by atoms with Gasteiger partial charge in [-0.05, 0) is 55.8 Å². The summed E-state index contributed by atoms with van der Waals surface area (Å²) in [7, 11) is 0. The third kappa shape index (κ3) is 3.31. The smallest absolute Gasteiger partial charge is 0.263 e. The number of benzene rings is 2. The van der Waals surface area contributed by atoms with E-state index in [4.69, 9.17) is 0 Å². The van der Waals surface area contributed by atoms with Crippen LogP contribution in [0.15, 0.2) is 53.3 Å². The van der Waals surface area contributed by atoms with Gasteiger partial charge >= 0.3 is 0 Å². The molecule has 2 aromatic carbocycles. The fraction of sp³-hybridized carbons (Fsp3) is 0.318. The molecular weight excluding hydrogens is 369 g/mol. The predicted octanol–water partition coefficient (Wildman–Crippen LogP) is 3.22. The standard InChI is InChI=1S/C22H22FN5O/c23-17-10-8-16(9-11-17)14-27-21(29)18-6-2-3-7-19(18)28-20(24-25-22(27)28)15-26-12-4-1-5-13-26/h2-3,6-11H,1,4-5,12-15H2. The van der Waals surface area contributed by atoms with E-state index in [1.165, 1.54) is 31.4 Å². The van der Waals surface area contributed by atoms with Crippen LogP contribution in [0.4, 0.5) is 4.39 Å². The number of para-hydroxylation sites is 1. The summed E-state index contributed by atoms with van der Waals surface area (Å²) in [5.41, 5.74) is 1.54. The summed E-state index contributed by atoms with van der Waals surface area (Å²) in [5, 5.41) is 9.46. The third-order valence-corrected chi connectivity index (χ3v) is 5.64. The highest BCUT2D eigenvalue weighted by Crippen LogP contribution is 2.18. The van der Waals surface area contributed by atoms with Gasteiger partial charge in [0, 0.05) is 0 Å². The normalized spacial score (nSPS) is 15.3. The van der Waals surface area contributed by atoms with E-state index >= 15 is 0 Å². The molecule has 0 radical (unpaired) electrons. The SMILES string of the molecule is O=c1c2ccccc2n2c(CN3CCCCC3)nnc2n1Cc1ccc(F)cc1. The van der Waals surface area contributed by atoms with Crippen molar-refractivity contribution in [3.8, 4) is 0 Å². The van der Waals surface area contributed by atoms with Gasteiger partial charge < -0.3 is 0 Å². The molecule has 0 N–H and O–H groups in total. The Kier molecular flexibility index (Phi) is 4.60. The first-order chi connectivity index (χ1) is 14.2. The first kappa shape index (κ1) is 18.0. The molecule has 1 aliphatic heterocycles. The largest absolute Gasteiger partial charge is 0.296 e. The van der Waals surface area contributed by atoms with Gasteiger partial charge in [-0.15, -0.1) is 10.2 Å². The maximum atomic E-state index is 13.3. The molecule has 7 heteroatoms. The Morgan fingerprint density at radius 2 is 1.66 bits per heavy atom. The van der Waals surface area contributed by atoms with E-state index in [0.29, 0.717) is 24.3 Å². The number of fused-ring (bicyclic) bond motifs is 3. The topological polar surface area (TPSA) is 55.4 Å². The van der Waals surface area contributed by atoms with Crippen molar-refractivity contribution in [3.05, 3.63) is 76.1 Å². The first-order valence-electron chi connectivity index (χ1n) is 10.0. The zero-order valence-electron chi connectivity index (χ0n) is 16.1. The molecule has 1 aliphatic rings. The second kappa shape index (κ2) is 7.40. The Bertz CT molecular complexity index is 1220. The highest BCUT2D eigenvalue weighted by Gasteiger charge is 2.19. The summed E-state index contributed by atoms with van der Waals surface area (Å²) < 4.78 is 16.9. The number of aromatic nitrogens is 4. The van der Waals surface area contributed by atoms with Crippen LogP contribution in [-0.4, -0.2) is 37.2 Å². The molecule has 1 fully saturated rings. The summed E-state index contributed by atoms with van der Waals surface area (Å²) >= 11 is 0. The minimum atomic E-state index is -0.295. The van der Waals surface area contributed by atoms with Crippen LogP contribution < -0.4 is 5.56 Å². The van der Waals surface area contributed by atoms with Gasteiger partial charge in [-0.3, -0.25) is 18.7 Å². The van der Waals surface area contributed by atoms with E-state index < -0.39 is 0 Å². The monoisotopic (exact) mass is 391 g/mol. The van der Waals surface area contributed by atoms with Crippen molar-refractivity contribution in [1.29, 1.82) is 0 Å². The Balaban J connectivity index is 1.66. The van der Waals surface area contributed by atoms with Gasteiger partial charge in [0.15, 0.2) is 5.82 Å². The molecule has 29 heavy (non-hydrogen) atoms. The molecule has 2 aromatic heterocycles. The maximum absolute atomic E-state index is 13.3. The summed E-state index contributed by atoms with van der Waals surface area (Å²) in [6.45, 7) is 3.14. The van der Waals surface area contributed by atoms with Crippen molar-refractivity contribution < 1.29 is 4.39 Å². The lowest BCUT2D eigenvalue weighted by molar-refractivity contribution is 0.215. The molecule has 0 saturated carbocycles. The Morgan fingerprint density at radius 3 is 2.45 bits per heavy atom. The van der Waals surface area contributed by atoms with Crippen LogP contribution >= 0.6 is 0 Å². The second-order valence-electron chi connectivity index (χ2n) is 7.62. The van der Waals surface area contributed by atoms with E-state index in [-0.39, 0.29) is 11.4 Å². The fourth-order valence-corrected chi connectivity index (χ4v) is 4.15. The van der Waals surface area contributed by atoms with Crippen LogP contribution in [0.5, 0.6) is 0 Å². The lowest BCUT2D eigenvalue weighted by Gasteiger charge is -2.25. The van der Waals surface area contributed by atoms with Crippen LogP contribution in [0, 0.1) is 5.82 Å². The van der Waals surface area contributed by atoms with E-state index in [9.17, 15) is 9.18 Å². The second-order valence-corrected chi connectivity index (χ2v) is 7.62. The molecule has 4 aromatic rings. The van der Waals surface area contributed by atoms with E-state index in [0.717, 1.165) is 30.0 Å². The molecule has 6 nitrogen and oxygen atoms in total. The van der Waals surface area contributed by atoms with Crippen LogP contribution in [-0.2, 0) is 13.1 Å². The minimum Gasteiger partial charge on any atom is -0.296 e. The molecule has 0 unspecified atom stereocenters. The number of likely N-dealkylation sites (tertiary alicyclic amines) is 1. The zero-order chi connectivity index (χ0) is 19.8. The van der Waals surface area contributed by atoms with Crippen LogP contribution in [0.25, 0.3) is 16.7 Å². The molecule has 0 atom stereocenters. The van der Waals surface area contributed by atoms with Crippen LogP contribution in [0.2, 0.25) is 0 Å². The van der Waals surface area contributed by atoms with Gasteiger partial charge in [0.2, 0.25) is 5.78 Å². The molecule has 3 heterocycles. The summed E-state index contributed by atoms with van der Waals surface area (Å²) in [6.07, 6.45) is 3.68. The zero-order valence-corrected chi connectivity index (χ0v) is 16.1. The molecule has 0 amide bonds. The van der Waals surface area contributed by atoms with Gasteiger partial charge in [0.1, 0.15) is 5.82 Å². The molecule has 0 spiro atoms. The van der Waals surface area contributed by atoms with Crippen molar-refractivity contribution >= 4 is 16.7 Å². The Labute approximate surface area is 167 Å². The molecule has 1 saturated heterocycles. The van der Waals surface area contributed by atoms with Crippen molar-refractivity contribution in [1.82, 2.24) is 24.1 Å². The summed E-state index contributed by atoms with van der Waals surface area (Å²) in [6, 6.07) is 13.8. The number of rotatable bonds is 4. The number of hydrogen-bond donors (Lipinski definition) is 0. The predicted molar refractivity (Wildman–Crippen MR) is 109 cm³/mol. The highest BCUT2D eigenvalue weighted by molar-refractivity contribution is 5.80. The van der Waals surface area contributed by atoms with Crippen LogP contribution in [0.3, 0.4) is 0 Å². The van der Waals surface area contributed by atoms with Crippen molar-refractivity contribution in [2.45, 2.75) is 32.4 Å². The number of hydrogen-bond acceptors (Lipinski definition) is 4. The fourth-order valence-electron chi connectivity index (χ4n) is 4.15. The molecule has 148 valence electrons. The van der Waals surface area contributed by atoms with E-state index in [1.807, 2.05) is 28.7 Å². The molecule has 5 rings (SSSR count). The molecule has 0 aliphatic carbocycles. The Hall–Kier alpha value is -3.06. The summed E-state index contributed by atoms with van der Waals surface area (Å²) in [4.78, 5) is 15.6. The molecule has 0 bridgehead atoms. The lowest BCUT2D eigenvalue weighted by Crippen LogP contribution is -2.30. The van der Waals surface area contributed by atoms with Gasteiger partial charge in [-0.1, -0.05) is 30.7 Å². The lowest BCUT2D eigenvalue weighted by atomic mass is 10.1. The van der Waals surface area contributed by atoms with E-state index in [1.54, 1.807) is 16.7 Å². The number of piperidine rings is 1.